The van der Waals surface area contributed by atoms with Crippen molar-refractivity contribution < 1.29 is 4.74 Å². The highest BCUT2D eigenvalue weighted by Gasteiger charge is 2.38. The van der Waals surface area contributed by atoms with Gasteiger partial charge in [-0.15, -0.1) is 0 Å². The Kier molecular flexibility index (Phi) is 4.30. The molecule has 1 N–H and O–H groups in total. The van der Waals surface area contributed by atoms with E-state index in [2.05, 4.69) is 37.4 Å². The summed E-state index contributed by atoms with van der Waals surface area (Å²) in [5.41, 5.74) is 2.88. The maximum atomic E-state index is 5.58. The number of aryl methyl sites for hydroxylation is 1. The van der Waals surface area contributed by atoms with Gasteiger partial charge in [0.2, 0.25) is 0 Å². The van der Waals surface area contributed by atoms with Crippen molar-refractivity contribution in [2.24, 2.45) is 11.8 Å². The van der Waals surface area contributed by atoms with Crippen LogP contribution in [0, 0.1) is 11.8 Å². The Hall–Kier alpha value is -1.02. The molecule has 0 bridgehead atoms. The Morgan fingerprint density at radius 3 is 3.00 bits per heavy atom. The lowest BCUT2D eigenvalue weighted by Gasteiger charge is -2.18. The van der Waals surface area contributed by atoms with Crippen molar-refractivity contribution in [3.63, 3.8) is 0 Å². The standard InChI is InChI=1S/C18H27NO/c1-3-9-19-17(16-11-13(16)2)6-4-14-5-7-18-15(12-14)8-10-20-18/h5,7,12-13,16-17,19H,3-4,6,8-11H2,1-2H3. The van der Waals surface area contributed by atoms with Gasteiger partial charge in [-0.1, -0.05) is 26.0 Å². The fourth-order valence-electron chi connectivity index (χ4n) is 3.43. The minimum absolute atomic E-state index is 0.717. The van der Waals surface area contributed by atoms with E-state index in [1.165, 1.54) is 36.8 Å². The van der Waals surface area contributed by atoms with E-state index in [0.29, 0.717) is 0 Å². The Morgan fingerprint density at radius 2 is 2.25 bits per heavy atom. The van der Waals surface area contributed by atoms with Gasteiger partial charge in [-0.2, -0.15) is 0 Å². The normalized spacial score (nSPS) is 25.1. The fourth-order valence-corrected chi connectivity index (χ4v) is 3.43. The van der Waals surface area contributed by atoms with E-state index in [1.54, 1.807) is 0 Å². The van der Waals surface area contributed by atoms with Crippen molar-refractivity contribution in [1.29, 1.82) is 0 Å². The zero-order valence-electron chi connectivity index (χ0n) is 12.8. The van der Waals surface area contributed by atoms with Crippen LogP contribution in [-0.2, 0) is 12.8 Å². The summed E-state index contributed by atoms with van der Waals surface area (Å²) in [6.07, 6.45) is 6.19. The molecule has 0 radical (unpaired) electrons. The summed E-state index contributed by atoms with van der Waals surface area (Å²) in [6, 6.07) is 7.48. The van der Waals surface area contributed by atoms with Gasteiger partial charge in [0.25, 0.3) is 0 Å². The molecule has 20 heavy (non-hydrogen) atoms. The lowest BCUT2D eigenvalue weighted by atomic mass is 9.99. The summed E-state index contributed by atoms with van der Waals surface area (Å²) in [5.74, 6) is 2.95. The van der Waals surface area contributed by atoms with Crippen LogP contribution in [0.15, 0.2) is 18.2 Å². The summed E-state index contributed by atoms with van der Waals surface area (Å²) in [5, 5.41) is 3.76. The molecule has 1 fully saturated rings. The quantitative estimate of drug-likeness (QED) is 0.820. The summed E-state index contributed by atoms with van der Waals surface area (Å²) in [7, 11) is 0. The second kappa shape index (κ2) is 6.17. The molecule has 0 saturated heterocycles. The fraction of sp³-hybridized carbons (Fsp3) is 0.667. The summed E-state index contributed by atoms with van der Waals surface area (Å²) < 4.78 is 5.58. The molecule has 0 spiro atoms. The number of rotatable bonds is 7. The molecule has 1 heterocycles. The zero-order valence-corrected chi connectivity index (χ0v) is 12.8. The van der Waals surface area contributed by atoms with E-state index in [9.17, 15) is 0 Å². The third-order valence-electron chi connectivity index (χ3n) is 4.84. The first-order valence-electron chi connectivity index (χ1n) is 8.26. The van der Waals surface area contributed by atoms with Gasteiger partial charge in [-0.05, 0) is 61.3 Å². The predicted molar refractivity (Wildman–Crippen MR) is 83.3 cm³/mol. The second-order valence-corrected chi connectivity index (χ2v) is 6.52. The van der Waals surface area contributed by atoms with E-state index < -0.39 is 0 Å². The van der Waals surface area contributed by atoms with Crippen LogP contribution in [-0.4, -0.2) is 19.2 Å². The van der Waals surface area contributed by atoms with Gasteiger partial charge in [0.1, 0.15) is 5.75 Å². The van der Waals surface area contributed by atoms with E-state index in [1.807, 2.05) is 0 Å². The third kappa shape index (κ3) is 3.17. The van der Waals surface area contributed by atoms with Crippen LogP contribution < -0.4 is 10.1 Å². The van der Waals surface area contributed by atoms with Crippen molar-refractivity contribution in [2.75, 3.05) is 13.2 Å². The van der Waals surface area contributed by atoms with E-state index in [4.69, 9.17) is 4.74 Å². The maximum absolute atomic E-state index is 5.58. The Balaban J connectivity index is 1.56. The number of fused-ring (bicyclic) bond motifs is 1. The Labute approximate surface area is 122 Å². The molecule has 110 valence electrons. The second-order valence-electron chi connectivity index (χ2n) is 6.52. The van der Waals surface area contributed by atoms with Gasteiger partial charge in [0.05, 0.1) is 6.61 Å². The van der Waals surface area contributed by atoms with Gasteiger partial charge in [0.15, 0.2) is 0 Å². The highest BCUT2D eigenvalue weighted by Crippen LogP contribution is 2.42. The van der Waals surface area contributed by atoms with Crippen LogP contribution in [0.2, 0.25) is 0 Å². The lowest BCUT2D eigenvalue weighted by molar-refractivity contribution is 0.357. The topological polar surface area (TPSA) is 21.3 Å². The molecule has 1 aromatic rings. The van der Waals surface area contributed by atoms with Crippen molar-refractivity contribution in [2.45, 2.75) is 52.0 Å². The molecule has 0 amide bonds. The van der Waals surface area contributed by atoms with Gasteiger partial charge < -0.3 is 10.1 Å². The van der Waals surface area contributed by atoms with E-state index in [-0.39, 0.29) is 0 Å². The largest absolute Gasteiger partial charge is 0.493 e. The first-order valence-corrected chi connectivity index (χ1v) is 8.26. The third-order valence-corrected chi connectivity index (χ3v) is 4.84. The molecule has 3 rings (SSSR count). The molecule has 2 nitrogen and oxygen atoms in total. The van der Waals surface area contributed by atoms with Crippen LogP contribution in [0.1, 0.15) is 44.2 Å². The van der Waals surface area contributed by atoms with Gasteiger partial charge in [-0.3, -0.25) is 0 Å². The van der Waals surface area contributed by atoms with Crippen molar-refractivity contribution in [1.82, 2.24) is 5.32 Å². The Bertz CT molecular complexity index is 457. The van der Waals surface area contributed by atoms with Gasteiger partial charge in [-0.25, -0.2) is 0 Å². The van der Waals surface area contributed by atoms with Crippen molar-refractivity contribution in [3.8, 4) is 5.75 Å². The maximum Gasteiger partial charge on any atom is 0.122 e. The molecular formula is C18H27NO. The smallest absolute Gasteiger partial charge is 0.122 e. The average molecular weight is 273 g/mol. The number of hydrogen-bond acceptors (Lipinski definition) is 2. The van der Waals surface area contributed by atoms with Gasteiger partial charge >= 0.3 is 0 Å². The molecule has 2 heteroatoms. The van der Waals surface area contributed by atoms with E-state index in [0.717, 1.165) is 43.2 Å². The van der Waals surface area contributed by atoms with Crippen LogP contribution in [0.3, 0.4) is 0 Å². The number of hydrogen-bond donors (Lipinski definition) is 1. The zero-order chi connectivity index (χ0) is 13.9. The lowest BCUT2D eigenvalue weighted by Crippen LogP contribution is -2.32. The molecule has 1 saturated carbocycles. The average Bonchev–Trinajstić information content (AvgIpc) is 3.01. The molecule has 0 aromatic heterocycles. The monoisotopic (exact) mass is 273 g/mol. The predicted octanol–water partition coefficient (Wildman–Crippen LogP) is 3.58. The number of benzene rings is 1. The molecule has 1 aliphatic carbocycles. The summed E-state index contributed by atoms with van der Waals surface area (Å²) in [4.78, 5) is 0. The summed E-state index contributed by atoms with van der Waals surface area (Å²) >= 11 is 0. The molecule has 1 aromatic carbocycles. The minimum atomic E-state index is 0.717. The highest BCUT2D eigenvalue weighted by molar-refractivity contribution is 5.39. The van der Waals surface area contributed by atoms with E-state index >= 15 is 0 Å². The first kappa shape index (κ1) is 13.9. The molecule has 1 aliphatic heterocycles. The molecule has 2 aliphatic rings. The minimum Gasteiger partial charge on any atom is -0.493 e. The summed E-state index contributed by atoms with van der Waals surface area (Å²) in [6.45, 7) is 6.66. The van der Waals surface area contributed by atoms with Crippen LogP contribution >= 0.6 is 0 Å². The van der Waals surface area contributed by atoms with Crippen LogP contribution in [0.4, 0.5) is 0 Å². The van der Waals surface area contributed by atoms with Crippen molar-refractivity contribution in [3.05, 3.63) is 29.3 Å². The van der Waals surface area contributed by atoms with Gasteiger partial charge in [0, 0.05) is 12.5 Å². The Morgan fingerprint density at radius 1 is 1.40 bits per heavy atom. The SMILES string of the molecule is CCCNC(CCc1ccc2c(c1)CCO2)C1CC1C. The number of nitrogens with one attached hydrogen (secondary N) is 1. The van der Waals surface area contributed by atoms with Crippen LogP contribution in [0.5, 0.6) is 5.75 Å². The highest BCUT2D eigenvalue weighted by atomic mass is 16.5. The number of ether oxygens (including phenoxy) is 1. The van der Waals surface area contributed by atoms with Crippen molar-refractivity contribution >= 4 is 0 Å². The molecule has 3 atom stereocenters. The molecule has 3 unspecified atom stereocenters. The first-order chi connectivity index (χ1) is 9.78. The molecular weight excluding hydrogens is 246 g/mol. The van der Waals surface area contributed by atoms with Crippen LogP contribution in [0.25, 0.3) is 0 Å².